The zero-order chi connectivity index (χ0) is 17.7. The van der Waals surface area contributed by atoms with Crippen molar-refractivity contribution in [2.24, 2.45) is 0 Å². The molecule has 2 N–H and O–H groups in total. The van der Waals surface area contributed by atoms with E-state index in [4.69, 9.17) is 0 Å². The van der Waals surface area contributed by atoms with Crippen molar-refractivity contribution in [3.8, 4) is 0 Å². The van der Waals surface area contributed by atoms with Crippen molar-refractivity contribution in [3.05, 3.63) is 29.3 Å². The summed E-state index contributed by atoms with van der Waals surface area (Å²) in [6.07, 6.45) is 2.44. The molecule has 0 bridgehead atoms. The summed E-state index contributed by atoms with van der Waals surface area (Å²) < 4.78 is 27.2. The maximum atomic E-state index is 12.3. The lowest BCUT2D eigenvalue weighted by Gasteiger charge is -2.29. The summed E-state index contributed by atoms with van der Waals surface area (Å²) in [5.41, 5.74) is 1.97. The van der Waals surface area contributed by atoms with Gasteiger partial charge in [-0.3, -0.25) is 4.79 Å². The highest BCUT2D eigenvalue weighted by Gasteiger charge is 2.22. The maximum absolute atomic E-state index is 12.3. The van der Waals surface area contributed by atoms with Crippen molar-refractivity contribution in [1.29, 1.82) is 0 Å². The van der Waals surface area contributed by atoms with E-state index in [1.54, 1.807) is 24.0 Å². The van der Waals surface area contributed by atoms with Crippen LogP contribution >= 0.6 is 11.8 Å². The molecule has 1 heterocycles. The van der Waals surface area contributed by atoms with E-state index in [9.17, 15) is 18.3 Å². The molecule has 0 spiro atoms. The number of thioether (sulfide) groups is 1. The Balaban J connectivity index is 2.13. The van der Waals surface area contributed by atoms with E-state index in [-0.39, 0.29) is 17.3 Å². The molecule has 134 valence electrons. The quantitative estimate of drug-likeness (QED) is 0.745. The number of aliphatic hydroxyl groups excluding tert-OH is 1. The van der Waals surface area contributed by atoms with Crippen molar-refractivity contribution in [3.63, 3.8) is 0 Å². The number of sulfonamides is 1. The fraction of sp³-hybridized carbons (Fsp3) is 0.562. The van der Waals surface area contributed by atoms with Crippen molar-refractivity contribution >= 4 is 27.7 Å². The molecule has 0 fully saturated rings. The summed E-state index contributed by atoms with van der Waals surface area (Å²) in [7, 11) is -3.61. The third kappa shape index (κ3) is 4.95. The Morgan fingerprint density at radius 1 is 1.42 bits per heavy atom. The molecule has 0 radical (unpaired) electrons. The third-order valence-corrected chi connectivity index (χ3v) is 5.97. The first kappa shape index (κ1) is 19.2. The minimum Gasteiger partial charge on any atom is -0.393 e. The van der Waals surface area contributed by atoms with Crippen LogP contribution < -0.4 is 4.72 Å². The summed E-state index contributed by atoms with van der Waals surface area (Å²) in [6.45, 7) is 2.93. The molecule has 6 nitrogen and oxygen atoms in total. The number of rotatable bonds is 7. The summed E-state index contributed by atoms with van der Waals surface area (Å²) in [6, 6.07) is 5.08. The highest BCUT2D eigenvalue weighted by atomic mass is 32.2. The molecule has 1 aromatic rings. The molecule has 1 atom stereocenters. The van der Waals surface area contributed by atoms with Gasteiger partial charge in [-0.25, -0.2) is 13.1 Å². The normalized spacial score (nSPS) is 15.9. The first-order chi connectivity index (χ1) is 11.3. The number of nitrogens with one attached hydrogen (secondary N) is 1. The fourth-order valence-electron chi connectivity index (χ4n) is 2.61. The van der Waals surface area contributed by atoms with Gasteiger partial charge in [0, 0.05) is 19.6 Å². The number of fused-ring (bicyclic) bond motifs is 1. The predicted molar refractivity (Wildman–Crippen MR) is 95.4 cm³/mol. The van der Waals surface area contributed by atoms with Crippen molar-refractivity contribution < 1.29 is 18.3 Å². The van der Waals surface area contributed by atoms with Gasteiger partial charge in [-0.15, -0.1) is 0 Å². The van der Waals surface area contributed by atoms with E-state index in [2.05, 4.69) is 4.72 Å². The molecule has 1 amide bonds. The number of carbonyl (C=O) groups excluding carboxylic acids is 1. The summed E-state index contributed by atoms with van der Waals surface area (Å²) in [5.74, 6) is 0.519. The fourth-order valence-corrected chi connectivity index (χ4v) is 4.14. The largest absolute Gasteiger partial charge is 0.393 e. The second-order valence-electron chi connectivity index (χ2n) is 5.96. The van der Waals surface area contributed by atoms with E-state index in [0.29, 0.717) is 25.3 Å². The number of aliphatic hydroxyl groups is 1. The smallest absolute Gasteiger partial charge is 0.240 e. The average molecular weight is 373 g/mol. The Morgan fingerprint density at radius 3 is 2.83 bits per heavy atom. The number of hydrogen-bond acceptors (Lipinski definition) is 5. The molecule has 0 aliphatic carbocycles. The molecule has 1 unspecified atom stereocenters. The van der Waals surface area contributed by atoms with E-state index < -0.39 is 16.1 Å². The van der Waals surface area contributed by atoms with Gasteiger partial charge in [-0.2, -0.15) is 11.8 Å². The van der Waals surface area contributed by atoms with E-state index >= 15 is 0 Å². The zero-order valence-electron chi connectivity index (χ0n) is 14.0. The molecule has 1 aliphatic heterocycles. The van der Waals surface area contributed by atoms with Gasteiger partial charge in [-0.05, 0) is 49.3 Å². The summed E-state index contributed by atoms with van der Waals surface area (Å²) in [5, 5.41) is 9.23. The Hall–Kier alpha value is -1.09. The zero-order valence-corrected chi connectivity index (χ0v) is 15.6. The second-order valence-corrected chi connectivity index (χ2v) is 8.60. The lowest BCUT2D eigenvalue weighted by atomic mass is 10.00. The second kappa shape index (κ2) is 8.33. The Bertz CT molecular complexity index is 689. The van der Waals surface area contributed by atoms with Gasteiger partial charge in [0.15, 0.2) is 0 Å². The van der Waals surface area contributed by atoms with Crippen LogP contribution in [-0.4, -0.2) is 55.5 Å². The standard InChI is InChI=1S/C16H24N2O4S2/c1-12(19)5-7-17-24(21,22)15-4-3-13-6-8-18(10-14(13)9-15)16(20)11-23-2/h3-4,9,12,17,19H,5-8,10-11H2,1-2H3. The molecule has 0 saturated carbocycles. The lowest BCUT2D eigenvalue weighted by molar-refractivity contribution is -0.129. The van der Waals surface area contributed by atoms with Gasteiger partial charge >= 0.3 is 0 Å². The minimum atomic E-state index is -3.61. The van der Waals surface area contributed by atoms with Gasteiger partial charge in [-0.1, -0.05) is 6.07 Å². The van der Waals surface area contributed by atoms with Crippen LogP contribution in [0.4, 0.5) is 0 Å². The van der Waals surface area contributed by atoms with Crippen LogP contribution in [0.15, 0.2) is 23.1 Å². The first-order valence-corrected chi connectivity index (χ1v) is 10.8. The topological polar surface area (TPSA) is 86.7 Å². The van der Waals surface area contributed by atoms with E-state index in [0.717, 1.165) is 17.5 Å². The van der Waals surface area contributed by atoms with Gasteiger partial charge in [0.1, 0.15) is 0 Å². The monoisotopic (exact) mass is 372 g/mol. The average Bonchev–Trinajstić information content (AvgIpc) is 2.53. The highest BCUT2D eigenvalue weighted by molar-refractivity contribution is 7.99. The van der Waals surface area contributed by atoms with Crippen molar-refractivity contribution in [2.45, 2.75) is 37.3 Å². The maximum Gasteiger partial charge on any atom is 0.240 e. The molecular weight excluding hydrogens is 348 g/mol. The van der Waals surface area contributed by atoms with Crippen LogP contribution in [0.2, 0.25) is 0 Å². The predicted octanol–water partition coefficient (Wildman–Crippen LogP) is 0.983. The molecular formula is C16H24N2O4S2. The van der Waals surface area contributed by atoms with E-state index in [1.807, 2.05) is 12.3 Å². The molecule has 8 heteroatoms. The molecule has 2 rings (SSSR count). The Morgan fingerprint density at radius 2 is 2.17 bits per heavy atom. The van der Waals surface area contributed by atoms with Crippen LogP contribution in [0.5, 0.6) is 0 Å². The lowest BCUT2D eigenvalue weighted by Crippen LogP contribution is -2.37. The molecule has 1 aromatic carbocycles. The van der Waals surface area contributed by atoms with Gasteiger partial charge in [0.05, 0.1) is 16.8 Å². The van der Waals surface area contributed by atoms with Crippen LogP contribution in [0.1, 0.15) is 24.5 Å². The van der Waals surface area contributed by atoms with Crippen LogP contribution in [0, 0.1) is 0 Å². The van der Waals surface area contributed by atoms with Gasteiger partial charge in [0.25, 0.3) is 0 Å². The molecule has 1 aliphatic rings. The Labute approximate surface area is 147 Å². The van der Waals surface area contributed by atoms with Crippen molar-refractivity contribution in [1.82, 2.24) is 9.62 Å². The summed E-state index contributed by atoms with van der Waals surface area (Å²) >= 11 is 1.49. The number of benzene rings is 1. The first-order valence-electron chi connectivity index (χ1n) is 7.89. The number of nitrogens with zero attached hydrogens (tertiary/aromatic N) is 1. The number of hydrogen-bond donors (Lipinski definition) is 2. The summed E-state index contributed by atoms with van der Waals surface area (Å²) in [4.78, 5) is 14.0. The molecule has 24 heavy (non-hydrogen) atoms. The van der Waals surface area contributed by atoms with Crippen molar-refractivity contribution in [2.75, 3.05) is 25.1 Å². The third-order valence-electron chi connectivity index (χ3n) is 3.98. The van der Waals surface area contributed by atoms with Gasteiger partial charge < -0.3 is 10.0 Å². The number of amides is 1. The SMILES string of the molecule is CSCC(=O)N1CCc2ccc(S(=O)(=O)NCCC(C)O)cc2C1. The van der Waals surface area contributed by atoms with E-state index in [1.165, 1.54) is 11.8 Å². The number of carbonyl (C=O) groups is 1. The van der Waals surface area contributed by atoms with Crippen LogP contribution in [-0.2, 0) is 27.8 Å². The van der Waals surface area contributed by atoms with Gasteiger partial charge in [0.2, 0.25) is 15.9 Å². The molecule has 0 saturated heterocycles. The van der Waals surface area contributed by atoms with Crippen LogP contribution in [0.3, 0.4) is 0 Å². The highest BCUT2D eigenvalue weighted by Crippen LogP contribution is 2.23. The van der Waals surface area contributed by atoms with Crippen LogP contribution in [0.25, 0.3) is 0 Å². The Kier molecular flexibility index (Phi) is 6.68. The minimum absolute atomic E-state index is 0.0801. The molecule has 0 aromatic heterocycles.